The maximum Gasteiger partial charge on any atom is 0.344 e. The molecule has 2 aromatic rings. The van der Waals surface area contributed by atoms with Crippen LogP contribution < -0.4 is 14.8 Å². The number of fused-ring (bicyclic) bond motifs is 1. The predicted octanol–water partition coefficient (Wildman–Crippen LogP) is 2.91. The van der Waals surface area contributed by atoms with Crippen LogP contribution in [0.15, 0.2) is 48.5 Å². The van der Waals surface area contributed by atoms with Crippen molar-refractivity contribution in [2.75, 3.05) is 26.4 Å². The SMILES string of the molecule is CCOC(=O)COc1ccc2c(c1)C[C@@H](NC[C@@H](O)COc1ccccc1)CCC2. The van der Waals surface area contributed by atoms with E-state index in [4.69, 9.17) is 14.2 Å². The predicted molar refractivity (Wildman–Crippen MR) is 115 cm³/mol. The average Bonchev–Trinajstić information content (AvgIpc) is 2.97. The minimum absolute atomic E-state index is 0.0814. The second-order valence-electron chi connectivity index (χ2n) is 7.50. The van der Waals surface area contributed by atoms with Gasteiger partial charge in [0.1, 0.15) is 24.2 Å². The second kappa shape index (κ2) is 11.6. The first kappa shape index (κ1) is 22.1. The number of nitrogens with one attached hydrogen (secondary N) is 1. The molecule has 30 heavy (non-hydrogen) atoms. The number of hydrogen-bond acceptors (Lipinski definition) is 6. The van der Waals surface area contributed by atoms with E-state index in [0.29, 0.717) is 18.9 Å². The van der Waals surface area contributed by atoms with Crippen LogP contribution >= 0.6 is 0 Å². The highest BCUT2D eigenvalue weighted by atomic mass is 16.6. The van der Waals surface area contributed by atoms with Gasteiger partial charge in [-0.05, 0) is 68.0 Å². The van der Waals surface area contributed by atoms with Crippen LogP contribution in [0.1, 0.15) is 30.9 Å². The molecular formula is C24H31NO5. The zero-order chi connectivity index (χ0) is 21.2. The van der Waals surface area contributed by atoms with Crippen LogP contribution in [-0.4, -0.2) is 49.6 Å². The molecule has 2 atom stereocenters. The molecule has 2 N–H and O–H groups in total. The van der Waals surface area contributed by atoms with Crippen molar-refractivity contribution in [3.8, 4) is 11.5 Å². The number of hydrogen-bond donors (Lipinski definition) is 2. The van der Waals surface area contributed by atoms with Crippen LogP contribution in [0.3, 0.4) is 0 Å². The molecule has 0 saturated heterocycles. The van der Waals surface area contributed by atoms with Crippen LogP contribution in [0.4, 0.5) is 0 Å². The van der Waals surface area contributed by atoms with Crippen molar-refractivity contribution in [2.24, 2.45) is 0 Å². The molecule has 6 heteroatoms. The van der Waals surface area contributed by atoms with Gasteiger partial charge in [-0.25, -0.2) is 4.79 Å². The molecule has 0 spiro atoms. The van der Waals surface area contributed by atoms with Gasteiger partial charge in [-0.3, -0.25) is 0 Å². The van der Waals surface area contributed by atoms with Crippen molar-refractivity contribution in [3.63, 3.8) is 0 Å². The zero-order valence-corrected chi connectivity index (χ0v) is 17.5. The van der Waals surface area contributed by atoms with E-state index in [-0.39, 0.29) is 25.2 Å². The van der Waals surface area contributed by atoms with Crippen molar-refractivity contribution in [3.05, 3.63) is 59.7 Å². The maximum atomic E-state index is 11.5. The molecule has 0 unspecified atom stereocenters. The first-order valence-corrected chi connectivity index (χ1v) is 10.6. The number of aryl methyl sites for hydroxylation is 1. The van der Waals surface area contributed by atoms with Crippen LogP contribution in [0.2, 0.25) is 0 Å². The van der Waals surface area contributed by atoms with E-state index in [9.17, 15) is 9.90 Å². The van der Waals surface area contributed by atoms with Gasteiger partial charge in [-0.15, -0.1) is 0 Å². The fraction of sp³-hybridized carbons (Fsp3) is 0.458. The molecule has 0 amide bonds. The lowest BCUT2D eigenvalue weighted by Gasteiger charge is -2.20. The molecule has 1 aliphatic carbocycles. The highest BCUT2D eigenvalue weighted by Gasteiger charge is 2.18. The Hall–Kier alpha value is -2.57. The van der Waals surface area contributed by atoms with E-state index >= 15 is 0 Å². The molecule has 0 heterocycles. The summed E-state index contributed by atoms with van der Waals surface area (Å²) in [4.78, 5) is 11.5. The monoisotopic (exact) mass is 413 g/mol. The molecule has 0 fully saturated rings. The molecule has 1 aliphatic rings. The lowest BCUT2D eigenvalue weighted by molar-refractivity contribution is -0.145. The fourth-order valence-corrected chi connectivity index (χ4v) is 3.62. The number of aliphatic hydroxyl groups is 1. The number of benzene rings is 2. The summed E-state index contributed by atoms with van der Waals surface area (Å²) in [6.45, 7) is 2.78. The average molecular weight is 414 g/mol. The highest BCUT2D eigenvalue weighted by Crippen LogP contribution is 2.25. The van der Waals surface area contributed by atoms with Crippen molar-refractivity contribution in [1.82, 2.24) is 5.32 Å². The number of para-hydroxylation sites is 1. The van der Waals surface area contributed by atoms with Gasteiger partial charge in [0.25, 0.3) is 0 Å². The standard InChI is InChI=1S/C24H31NO5/c1-2-28-24(27)17-30-23-12-11-18-7-6-8-20(13-19(18)14-23)25-15-21(26)16-29-22-9-4-3-5-10-22/h3-5,9-12,14,20-21,25-26H,2,6-8,13,15-17H2,1H3/t20-,21+/m0/s1. The van der Waals surface area contributed by atoms with E-state index in [2.05, 4.69) is 11.4 Å². The summed E-state index contributed by atoms with van der Waals surface area (Å²) in [6, 6.07) is 15.8. The van der Waals surface area contributed by atoms with Crippen molar-refractivity contribution in [2.45, 2.75) is 44.8 Å². The Kier molecular flexibility index (Phi) is 8.53. The Morgan fingerprint density at radius 2 is 1.97 bits per heavy atom. The third-order valence-electron chi connectivity index (χ3n) is 5.13. The fourth-order valence-electron chi connectivity index (χ4n) is 3.62. The second-order valence-corrected chi connectivity index (χ2v) is 7.50. The lowest BCUT2D eigenvalue weighted by atomic mass is 10.0. The summed E-state index contributed by atoms with van der Waals surface area (Å²) in [5, 5.41) is 13.7. The van der Waals surface area contributed by atoms with Gasteiger partial charge < -0.3 is 24.6 Å². The maximum absolute atomic E-state index is 11.5. The Morgan fingerprint density at radius 1 is 1.13 bits per heavy atom. The normalized spacial score (nSPS) is 16.8. The smallest absolute Gasteiger partial charge is 0.344 e. The quantitative estimate of drug-likeness (QED) is 0.461. The van der Waals surface area contributed by atoms with Gasteiger partial charge in [0.2, 0.25) is 0 Å². The van der Waals surface area contributed by atoms with Crippen molar-refractivity contribution >= 4 is 5.97 Å². The van der Waals surface area contributed by atoms with Crippen LogP contribution in [0.25, 0.3) is 0 Å². The number of carbonyl (C=O) groups is 1. The first-order valence-electron chi connectivity index (χ1n) is 10.6. The van der Waals surface area contributed by atoms with Gasteiger partial charge >= 0.3 is 5.97 Å². The summed E-state index contributed by atoms with van der Waals surface area (Å²) in [6.07, 6.45) is 3.43. The topological polar surface area (TPSA) is 77.0 Å². The molecule has 0 radical (unpaired) electrons. The summed E-state index contributed by atoms with van der Waals surface area (Å²) >= 11 is 0. The zero-order valence-electron chi connectivity index (χ0n) is 17.5. The van der Waals surface area contributed by atoms with Gasteiger partial charge in [0.05, 0.1) is 6.61 Å². The molecule has 6 nitrogen and oxygen atoms in total. The van der Waals surface area contributed by atoms with Crippen LogP contribution in [-0.2, 0) is 22.4 Å². The van der Waals surface area contributed by atoms with Gasteiger partial charge in [0.15, 0.2) is 6.61 Å². The molecule has 0 saturated carbocycles. The lowest BCUT2D eigenvalue weighted by Crippen LogP contribution is -2.39. The summed E-state index contributed by atoms with van der Waals surface area (Å²) < 4.78 is 16.1. The minimum atomic E-state index is -0.577. The first-order chi connectivity index (χ1) is 14.6. The third kappa shape index (κ3) is 7.04. The van der Waals surface area contributed by atoms with E-state index in [1.807, 2.05) is 42.5 Å². The van der Waals surface area contributed by atoms with Crippen molar-refractivity contribution in [1.29, 1.82) is 0 Å². The van der Waals surface area contributed by atoms with Crippen LogP contribution in [0.5, 0.6) is 11.5 Å². The van der Waals surface area contributed by atoms with E-state index in [1.165, 1.54) is 11.1 Å². The Morgan fingerprint density at radius 3 is 2.77 bits per heavy atom. The summed E-state index contributed by atoms with van der Waals surface area (Å²) in [5.41, 5.74) is 2.54. The summed E-state index contributed by atoms with van der Waals surface area (Å²) in [5.74, 6) is 1.08. The van der Waals surface area contributed by atoms with E-state index < -0.39 is 6.10 Å². The third-order valence-corrected chi connectivity index (χ3v) is 5.13. The Bertz CT molecular complexity index is 795. The Balaban J connectivity index is 1.48. The Labute approximate surface area is 178 Å². The summed E-state index contributed by atoms with van der Waals surface area (Å²) in [7, 11) is 0. The van der Waals surface area contributed by atoms with Crippen LogP contribution in [0, 0.1) is 0 Å². The number of rotatable bonds is 10. The molecule has 0 bridgehead atoms. The van der Waals surface area contributed by atoms with E-state index in [0.717, 1.165) is 31.4 Å². The number of esters is 1. The molecule has 3 rings (SSSR count). The number of ether oxygens (including phenoxy) is 3. The molecule has 162 valence electrons. The minimum Gasteiger partial charge on any atom is -0.491 e. The van der Waals surface area contributed by atoms with Gasteiger partial charge in [-0.1, -0.05) is 24.3 Å². The molecular weight excluding hydrogens is 382 g/mol. The van der Waals surface area contributed by atoms with Gasteiger partial charge in [-0.2, -0.15) is 0 Å². The number of aliphatic hydroxyl groups excluding tert-OH is 1. The van der Waals surface area contributed by atoms with E-state index in [1.54, 1.807) is 6.92 Å². The molecule has 2 aromatic carbocycles. The number of carbonyl (C=O) groups excluding carboxylic acids is 1. The van der Waals surface area contributed by atoms with Crippen molar-refractivity contribution < 1.29 is 24.1 Å². The molecule has 0 aliphatic heterocycles. The largest absolute Gasteiger partial charge is 0.491 e. The highest BCUT2D eigenvalue weighted by molar-refractivity contribution is 5.71. The molecule has 0 aromatic heterocycles. The van der Waals surface area contributed by atoms with Gasteiger partial charge in [0, 0.05) is 12.6 Å².